The van der Waals surface area contributed by atoms with Crippen LogP contribution in [-0.2, 0) is 0 Å². The Bertz CT molecular complexity index is 447. The molecule has 0 radical (unpaired) electrons. The molecule has 0 spiro atoms. The number of aliphatic hydroxyl groups is 1. The number of aliphatic hydroxyl groups excluding tert-OH is 1. The van der Waals surface area contributed by atoms with Crippen molar-refractivity contribution < 1.29 is 13.9 Å². The van der Waals surface area contributed by atoms with Crippen LogP contribution in [0.25, 0.3) is 11.0 Å². The van der Waals surface area contributed by atoms with Crippen LogP contribution in [0.2, 0.25) is 0 Å². The van der Waals surface area contributed by atoms with E-state index in [2.05, 4.69) is 0 Å². The second kappa shape index (κ2) is 3.42. The van der Waals surface area contributed by atoms with Gasteiger partial charge in [0.05, 0.1) is 6.61 Å². The molecule has 1 atom stereocenters. The molecule has 1 aromatic heterocycles. The summed E-state index contributed by atoms with van der Waals surface area (Å²) in [4.78, 5) is 0. The van der Waals surface area contributed by atoms with Crippen molar-refractivity contribution in [3.8, 4) is 0 Å². The summed E-state index contributed by atoms with van der Waals surface area (Å²) >= 11 is 0. The van der Waals surface area contributed by atoms with Crippen LogP contribution in [-0.4, -0.2) is 11.7 Å². The lowest BCUT2D eigenvalue weighted by atomic mass is 10.1. The van der Waals surface area contributed by atoms with E-state index in [0.717, 1.165) is 5.39 Å². The van der Waals surface area contributed by atoms with Crippen LogP contribution in [0, 0.1) is 5.82 Å². The molecular formula is C11H11FO2. The van der Waals surface area contributed by atoms with E-state index < -0.39 is 0 Å². The van der Waals surface area contributed by atoms with Crippen molar-refractivity contribution >= 4 is 11.0 Å². The molecule has 1 N–H and O–H groups in total. The van der Waals surface area contributed by atoms with Crippen LogP contribution < -0.4 is 0 Å². The van der Waals surface area contributed by atoms with Crippen molar-refractivity contribution in [1.29, 1.82) is 0 Å². The van der Waals surface area contributed by atoms with Gasteiger partial charge in [-0.3, -0.25) is 0 Å². The predicted octanol–water partition coefficient (Wildman–Crippen LogP) is 2.67. The highest BCUT2D eigenvalue weighted by Crippen LogP contribution is 2.25. The lowest BCUT2D eigenvalue weighted by Gasteiger charge is -2.00. The minimum absolute atomic E-state index is 0.0301. The summed E-state index contributed by atoms with van der Waals surface area (Å²) in [5.74, 6) is 0.361. The van der Waals surface area contributed by atoms with Crippen molar-refractivity contribution in [2.45, 2.75) is 12.8 Å². The average Bonchev–Trinajstić information content (AvgIpc) is 2.59. The van der Waals surface area contributed by atoms with E-state index in [0.29, 0.717) is 11.3 Å². The Morgan fingerprint density at radius 3 is 2.93 bits per heavy atom. The number of furan rings is 1. The molecule has 2 aromatic rings. The van der Waals surface area contributed by atoms with Gasteiger partial charge in [0.25, 0.3) is 0 Å². The molecule has 2 nitrogen and oxygen atoms in total. The first-order valence-corrected chi connectivity index (χ1v) is 4.50. The highest BCUT2D eigenvalue weighted by Gasteiger charge is 2.10. The van der Waals surface area contributed by atoms with E-state index in [1.165, 1.54) is 12.1 Å². The maximum atomic E-state index is 12.8. The van der Waals surface area contributed by atoms with Crippen LogP contribution in [0.4, 0.5) is 4.39 Å². The summed E-state index contributed by atoms with van der Waals surface area (Å²) in [6, 6.07) is 6.14. The fraction of sp³-hybridized carbons (Fsp3) is 0.273. The highest BCUT2D eigenvalue weighted by molar-refractivity contribution is 5.78. The largest absolute Gasteiger partial charge is 0.461 e. The summed E-state index contributed by atoms with van der Waals surface area (Å²) in [5, 5.41) is 9.67. The maximum absolute atomic E-state index is 12.8. The molecule has 0 fully saturated rings. The Hall–Kier alpha value is -1.35. The van der Waals surface area contributed by atoms with Gasteiger partial charge >= 0.3 is 0 Å². The molecule has 14 heavy (non-hydrogen) atoms. The quantitative estimate of drug-likeness (QED) is 0.797. The minimum atomic E-state index is -0.276. The van der Waals surface area contributed by atoms with Gasteiger partial charge in [0, 0.05) is 11.3 Å². The van der Waals surface area contributed by atoms with Gasteiger partial charge in [0.1, 0.15) is 17.2 Å². The van der Waals surface area contributed by atoms with Gasteiger partial charge < -0.3 is 9.52 Å². The molecule has 0 bridgehead atoms. The van der Waals surface area contributed by atoms with Crippen molar-refractivity contribution in [3.63, 3.8) is 0 Å². The van der Waals surface area contributed by atoms with Crippen molar-refractivity contribution in [1.82, 2.24) is 0 Å². The molecule has 0 saturated heterocycles. The number of fused-ring (bicyclic) bond motifs is 1. The van der Waals surface area contributed by atoms with Crippen LogP contribution in [0.1, 0.15) is 18.6 Å². The molecule has 0 aliphatic rings. The average molecular weight is 194 g/mol. The van der Waals surface area contributed by atoms with Crippen LogP contribution in [0.5, 0.6) is 0 Å². The molecule has 1 unspecified atom stereocenters. The van der Waals surface area contributed by atoms with E-state index in [4.69, 9.17) is 9.52 Å². The van der Waals surface area contributed by atoms with Crippen molar-refractivity contribution in [2.75, 3.05) is 6.61 Å². The normalized spacial score (nSPS) is 13.4. The summed E-state index contributed by atoms with van der Waals surface area (Å²) < 4.78 is 18.3. The van der Waals surface area contributed by atoms with Crippen LogP contribution in [0.15, 0.2) is 28.7 Å². The van der Waals surface area contributed by atoms with Gasteiger partial charge in [0.15, 0.2) is 0 Å². The molecule has 0 amide bonds. The second-order valence-electron chi connectivity index (χ2n) is 3.41. The zero-order valence-corrected chi connectivity index (χ0v) is 7.83. The highest BCUT2D eigenvalue weighted by atomic mass is 19.1. The maximum Gasteiger partial charge on any atom is 0.134 e. The number of benzene rings is 1. The number of halogens is 1. The monoisotopic (exact) mass is 194 g/mol. The van der Waals surface area contributed by atoms with Crippen LogP contribution in [0.3, 0.4) is 0 Å². The predicted molar refractivity (Wildman–Crippen MR) is 51.7 cm³/mol. The van der Waals surface area contributed by atoms with Gasteiger partial charge in [-0.25, -0.2) is 4.39 Å². The first-order chi connectivity index (χ1) is 6.70. The zero-order chi connectivity index (χ0) is 10.1. The van der Waals surface area contributed by atoms with Gasteiger partial charge in [-0.1, -0.05) is 6.92 Å². The van der Waals surface area contributed by atoms with E-state index in [1.807, 2.05) is 6.92 Å². The van der Waals surface area contributed by atoms with Crippen LogP contribution >= 0.6 is 0 Å². The number of hydrogen-bond donors (Lipinski definition) is 1. The standard InChI is InChI=1S/C11H11FO2/c1-7(6-13)11-5-8-4-9(12)2-3-10(8)14-11/h2-5,7,13H,6H2,1H3. The summed E-state index contributed by atoms with van der Waals surface area (Å²) in [7, 11) is 0. The molecule has 3 heteroatoms. The smallest absolute Gasteiger partial charge is 0.134 e. The first kappa shape index (κ1) is 9.21. The molecule has 0 aliphatic heterocycles. The van der Waals surface area contributed by atoms with E-state index in [-0.39, 0.29) is 18.3 Å². The third-order valence-electron chi connectivity index (χ3n) is 2.26. The molecular weight excluding hydrogens is 183 g/mol. The molecule has 2 rings (SSSR count). The minimum Gasteiger partial charge on any atom is -0.461 e. The third-order valence-corrected chi connectivity index (χ3v) is 2.26. The Morgan fingerprint density at radius 2 is 2.21 bits per heavy atom. The zero-order valence-electron chi connectivity index (χ0n) is 7.83. The molecule has 0 saturated carbocycles. The second-order valence-corrected chi connectivity index (χ2v) is 3.41. The third kappa shape index (κ3) is 1.51. The fourth-order valence-electron chi connectivity index (χ4n) is 1.37. The summed E-state index contributed by atoms with van der Waals surface area (Å²) in [6.45, 7) is 1.89. The Kier molecular flexibility index (Phi) is 2.25. The van der Waals surface area contributed by atoms with E-state index in [1.54, 1.807) is 12.1 Å². The van der Waals surface area contributed by atoms with Gasteiger partial charge in [-0.2, -0.15) is 0 Å². The molecule has 0 aliphatic carbocycles. The first-order valence-electron chi connectivity index (χ1n) is 4.50. The fourth-order valence-corrected chi connectivity index (χ4v) is 1.37. The van der Waals surface area contributed by atoms with Crippen molar-refractivity contribution in [3.05, 3.63) is 35.8 Å². The van der Waals surface area contributed by atoms with Crippen molar-refractivity contribution in [2.24, 2.45) is 0 Å². The molecule has 1 heterocycles. The van der Waals surface area contributed by atoms with Gasteiger partial charge in [-0.05, 0) is 24.3 Å². The lowest BCUT2D eigenvalue weighted by molar-refractivity contribution is 0.259. The molecule has 1 aromatic carbocycles. The Morgan fingerprint density at radius 1 is 1.43 bits per heavy atom. The summed E-state index contributed by atoms with van der Waals surface area (Å²) in [6.07, 6.45) is 0. The van der Waals surface area contributed by atoms with Gasteiger partial charge in [-0.15, -0.1) is 0 Å². The SMILES string of the molecule is CC(CO)c1cc2cc(F)ccc2o1. The summed E-state index contributed by atoms with van der Waals surface area (Å²) in [5.41, 5.74) is 0.654. The van der Waals surface area contributed by atoms with E-state index in [9.17, 15) is 4.39 Å². The Labute approximate surface area is 81.0 Å². The number of hydrogen-bond acceptors (Lipinski definition) is 2. The number of rotatable bonds is 2. The topological polar surface area (TPSA) is 33.4 Å². The van der Waals surface area contributed by atoms with E-state index >= 15 is 0 Å². The Balaban J connectivity index is 2.51. The van der Waals surface area contributed by atoms with Gasteiger partial charge in [0.2, 0.25) is 0 Å². The lowest BCUT2D eigenvalue weighted by Crippen LogP contribution is -1.95. The molecule has 74 valence electrons.